The van der Waals surface area contributed by atoms with Crippen LogP contribution in [0.5, 0.6) is 0 Å². The lowest BCUT2D eigenvalue weighted by Crippen LogP contribution is -2.24. The highest BCUT2D eigenvalue weighted by Gasteiger charge is 2.32. The zero-order valence-corrected chi connectivity index (χ0v) is 16.3. The van der Waals surface area contributed by atoms with Crippen molar-refractivity contribution in [1.29, 1.82) is 0 Å². The molecule has 3 aliphatic rings. The molecule has 1 saturated heterocycles. The Balaban J connectivity index is 1.49. The van der Waals surface area contributed by atoms with Crippen LogP contribution in [0, 0.1) is 17.3 Å². The maximum absolute atomic E-state index is 5.86. The molecule has 0 aromatic rings. The Morgan fingerprint density at radius 1 is 1.25 bits per heavy atom. The van der Waals surface area contributed by atoms with Crippen LogP contribution in [0.15, 0.2) is 23.3 Å². The maximum atomic E-state index is 5.86. The van der Waals surface area contributed by atoms with Crippen molar-refractivity contribution in [2.45, 2.75) is 72.3 Å². The predicted octanol–water partition coefficient (Wildman–Crippen LogP) is 5.21. The van der Waals surface area contributed by atoms with E-state index in [1.54, 1.807) is 11.1 Å². The minimum absolute atomic E-state index is 0.272. The van der Waals surface area contributed by atoms with Gasteiger partial charge in [-0.3, -0.25) is 4.90 Å². The molecule has 2 atom stereocenters. The Bertz CT molecular complexity index is 486. The second-order valence-electron chi connectivity index (χ2n) is 9.47. The highest BCUT2D eigenvalue weighted by molar-refractivity contribution is 5.19. The lowest BCUT2D eigenvalue weighted by atomic mass is 9.82. The van der Waals surface area contributed by atoms with Gasteiger partial charge in [0.25, 0.3) is 0 Å². The highest BCUT2D eigenvalue weighted by atomic mass is 16.5. The molecule has 24 heavy (non-hydrogen) atoms. The van der Waals surface area contributed by atoms with Gasteiger partial charge in [-0.25, -0.2) is 0 Å². The Morgan fingerprint density at radius 2 is 2.04 bits per heavy atom. The largest absolute Gasteiger partial charge is 0.381 e. The lowest BCUT2D eigenvalue weighted by Gasteiger charge is -2.24. The molecule has 1 aliphatic carbocycles. The molecule has 0 radical (unpaired) electrons. The first kappa shape index (κ1) is 18.2. The Kier molecular flexibility index (Phi) is 5.87. The molecular weight excluding hydrogens is 294 g/mol. The van der Waals surface area contributed by atoms with Gasteiger partial charge in [0.1, 0.15) is 0 Å². The van der Waals surface area contributed by atoms with Gasteiger partial charge >= 0.3 is 0 Å². The van der Waals surface area contributed by atoms with Crippen LogP contribution < -0.4 is 0 Å². The van der Waals surface area contributed by atoms with Crippen LogP contribution in [0.1, 0.15) is 66.2 Å². The zero-order chi connectivity index (χ0) is 17.2. The van der Waals surface area contributed by atoms with Crippen LogP contribution in [-0.2, 0) is 4.74 Å². The molecular formula is C22H37NO. The van der Waals surface area contributed by atoms with Gasteiger partial charge in [0.2, 0.25) is 0 Å². The molecule has 0 N–H and O–H groups in total. The van der Waals surface area contributed by atoms with Crippen molar-refractivity contribution in [3.05, 3.63) is 23.3 Å². The van der Waals surface area contributed by atoms with Crippen molar-refractivity contribution < 1.29 is 4.74 Å². The van der Waals surface area contributed by atoms with Gasteiger partial charge < -0.3 is 4.74 Å². The van der Waals surface area contributed by atoms with E-state index in [1.807, 2.05) is 0 Å². The third-order valence-corrected chi connectivity index (χ3v) is 5.84. The van der Waals surface area contributed by atoms with Crippen LogP contribution in [0.25, 0.3) is 0 Å². The number of allylic oxidation sites excluding steroid dienone is 2. The summed E-state index contributed by atoms with van der Waals surface area (Å²) < 4.78 is 5.86. The number of ether oxygens (including phenoxy) is 1. The monoisotopic (exact) mass is 331 g/mol. The van der Waals surface area contributed by atoms with E-state index in [2.05, 4.69) is 44.7 Å². The Morgan fingerprint density at radius 3 is 2.79 bits per heavy atom. The molecule has 0 spiro atoms. The van der Waals surface area contributed by atoms with E-state index in [-0.39, 0.29) is 5.41 Å². The van der Waals surface area contributed by atoms with Gasteiger partial charge in [0, 0.05) is 32.3 Å². The molecule has 2 unspecified atom stereocenters. The van der Waals surface area contributed by atoms with E-state index in [4.69, 9.17) is 4.74 Å². The molecule has 2 fully saturated rings. The van der Waals surface area contributed by atoms with Gasteiger partial charge in [0.15, 0.2) is 0 Å². The molecule has 0 aromatic carbocycles. The van der Waals surface area contributed by atoms with E-state index < -0.39 is 0 Å². The van der Waals surface area contributed by atoms with Crippen molar-refractivity contribution in [1.82, 2.24) is 4.90 Å². The molecule has 136 valence electrons. The smallest absolute Gasteiger partial charge is 0.0497 e. The number of hydrogen-bond donors (Lipinski definition) is 0. The first-order valence-corrected chi connectivity index (χ1v) is 10.1. The third kappa shape index (κ3) is 5.46. The van der Waals surface area contributed by atoms with Gasteiger partial charge in [-0.1, -0.05) is 44.1 Å². The normalized spacial score (nSPS) is 30.3. The van der Waals surface area contributed by atoms with E-state index in [9.17, 15) is 0 Å². The van der Waals surface area contributed by atoms with Crippen molar-refractivity contribution in [2.75, 3.05) is 26.3 Å². The molecule has 1 saturated carbocycles. The first-order chi connectivity index (χ1) is 11.4. The summed E-state index contributed by atoms with van der Waals surface area (Å²) in [7, 11) is 0. The van der Waals surface area contributed by atoms with Crippen LogP contribution in [-0.4, -0.2) is 37.2 Å². The van der Waals surface area contributed by atoms with Crippen molar-refractivity contribution >= 4 is 0 Å². The molecule has 2 aliphatic heterocycles. The first-order valence-electron chi connectivity index (χ1n) is 10.1. The van der Waals surface area contributed by atoms with Crippen LogP contribution in [0.2, 0.25) is 0 Å². The summed E-state index contributed by atoms with van der Waals surface area (Å²) in [6.07, 6.45) is 13.0. The second kappa shape index (κ2) is 7.74. The summed E-state index contributed by atoms with van der Waals surface area (Å²) in [5.74, 6) is 1.46. The fourth-order valence-electron chi connectivity index (χ4n) is 4.58. The topological polar surface area (TPSA) is 12.5 Å². The Labute approximate surface area is 149 Å². The zero-order valence-electron chi connectivity index (χ0n) is 16.3. The molecule has 0 bridgehead atoms. The molecule has 2 heteroatoms. The minimum atomic E-state index is 0.272. The van der Waals surface area contributed by atoms with Gasteiger partial charge in [0.05, 0.1) is 0 Å². The van der Waals surface area contributed by atoms with Crippen LogP contribution in [0.4, 0.5) is 0 Å². The highest BCUT2D eigenvalue weighted by Crippen LogP contribution is 2.35. The minimum Gasteiger partial charge on any atom is -0.381 e. The maximum Gasteiger partial charge on any atom is 0.0497 e. The van der Waals surface area contributed by atoms with Crippen molar-refractivity contribution in [2.24, 2.45) is 17.3 Å². The Hall–Kier alpha value is -0.600. The molecule has 3 rings (SSSR count). The summed E-state index contributed by atoms with van der Waals surface area (Å²) >= 11 is 0. The van der Waals surface area contributed by atoms with Crippen molar-refractivity contribution in [3.63, 3.8) is 0 Å². The summed E-state index contributed by atoms with van der Waals surface area (Å²) in [5, 5.41) is 0. The fourth-order valence-corrected chi connectivity index (χ4v) is 4.58. The number of nitrogens with zero attached hydrogens (tertiary/aromatic N) is 1. The lowest BCUT2D eigenvalue weighted by molar-refractivity contribution is 0.0983. The summed E-state index contributed by atoms with van der Waals surface area (Å²) in [5.41, 5.74) is 3.48. The van der Waals surface area contributed by atoms with Crippen LogP contribution in [0.3, 0.4) is 0 Å². The van der Waals surface area contributed by atoms with E-state index >= 15 is 0 Å². The van der Waals surface area contributed by atoms with Gasteiger partial charge in [-0.05, 0) is 62.7 Å². The van der Waals surface area contributed by atoms with Crippen molar-refractivity contribution in [3.8, 4) is 0 Å². The van der Waals surface area contributed by atoms with Gasteiger partial charge in [-0.2, -0.15) is 0 Å². The number of hydrogen-bond acceptors (Lipinski definition) is 2. The van der Waals surface area contributed by atoms with E-state index in [0.717, 1.165) is 31.1 Å². The average Bonchev–Trinajstić information content (AvgIpc) is 3.26. The third-order valence-electron chi connectivity index (χ3n) is 5.84. The molecule has 2 nitrogen and oxygen atoms in total. The standard InChI is InChI=1S/C22H37NO/c1-17-5-6-19(16-24-15-17)11-18(2)12-22(3,4)13-20-9-10-23(14-20)21-7-8-21/h9,12,17,19,21H,5-8,10-11,13-16H2,1-4H3/b18-12+. The fraction of sp³-hybridized carbons (Fsp3) is 0.818. The summed E-state index contributed by atoms with van der Waals surface area (Å²) in [4.78, 5) is 2.66. The SMILES string of the molecule is C/C(=C\C(C)(C)CC1=CCN(C2CC2)C1)CC1CCC(C)COC1. The molecule has 0 amide bonds. The molecule has 2 heterocycles. The van der Waals surface area contributed by atoms with Gasteiger partial charge in [-0.15, -0.1) is 0 Å². The van der Waals surface area contributed by atoms with E-state index in [1.165, 1.54) is 51.6 Å². The second-order valence-corrected chi connectivity index (χ2v) is 9.47. The quantitative estimate of drug-likeness (QED) is 0.620. The number of rotatable bonds is 6. The van der Waals surface area contributed by atoms with Crippen LogP contribution >= 0.6 is 0 Å². The summed E-state index contributed by atoms with van der Waals surface area (Å²) in [6.45, 7) is 13.8. The average molecular weight is 332 g/mol. The predicted molar refractivity (Wildman–Crippen MR) is 102 cm³/mol. The van der Waals surface area contributed by atoms with E-state index in [0.29, 0.717) is 0 Å². The summed E-state index contributed by atoms with van der Waals surface area (Å²) in [6, 6.07) is 0.900. The molecule has 0 aromatic heterocycles.